The van der Waals surface area contributed by atoms with Gasteiger partial charge in [-0.3, -0.25) is 9.59 Å². The summed E-state index contributed by atoms with van der Waals surface area (Å²) in [4.78, 5) is 29.4. The molecule has 1 saturated heterocycles. The van der Waals surface area contributed by atoms with E-state index in [1.807, 2.05) is 54.6 Å². The van der Waals surface area contributed by atoms with Crippen molar-refractivity contribution in [1.82, 2.24) is 14.7 Å². The summed E-state index contributed by atoms with van der Waals surface area (Å²) in [5, 5.41) is 7.69. The number of nitrogens with zero attached hydrogens (tertiary/aromatic N) is 4. The van der Waals surface area contributed by atoms with Crippen LogP contribution in [0.4, 0.5) is 5.69 Å². The van der Waals surface area contributed by atoms with Gasteiger partial charge in [-0.1, -0.05) is 71.7 Å². The van der Waals surface area contributed by atoms with Crippen LogP contribution in [-0.4, -0.2) is 46.8 Å². The van der Waals surface area contributed by atoms with Crippen LogP contribution in [0.5, 0.6) is 0 Å². The fourth-order valence-electron chi connectivity index (χ4n) is 4.32. The van der Waals surface area contributed by atoms with Crippen LogP contribution >= 0.6 is 23.2 Å². The van der Waals surface area contributed by atoms with Crippen LogP contribution in [-0.2, 0) is 11.3 Å². The predicted octanol–water partition coefficient (Wildman–Crippen LogP) is 4.72. The predicted molar refractivity (Wildman–Crippen MR) is 137 cm³/mol. The van der Waals surface area contributed by atoms with Crippen LogP contribution in [0.1, 0.15) is 0 Å². The molecule has 172 valence electrons. The third-order valence-corrected chi connectivity index (χ3v) is 6.93. The first-order valence-electron chi connectivity index (χ1n) is 11.0. The highest BCUT2D eigenvalue weighted by molar-refractivity contribution is 6.43. The Kier molecular flexibility index (Phi) is 6.26. The van der Waals surface area contributed by atoms with Crippen LogP contribution in [0.15, 0.2) is 77.6 Å². The number of amides is 1. The first-order chi connectivity index (χ1) is 16.5. The minimum absolute atomic E-state index is 0.102. The zero-order chi connectivity index (χ0) is 23.7. The molecule has 0 saturated carbocycles. The molecular formula is C26H22Cl2N4O2. The Morgan fingerprint density at radius 1 is 0.853 bits per heavy atom. The van der Waals surface area contributed by atoms with E-state index in [-0.39, 0.29) is 18.0 Å². The molecule has 0 unspecified atom stereocenters. The molecule has 34 heavy (non-hydrogen) atoms. The number of hydrogen-bond donors (Lipinski definition) is 0. The van der Waals surface area contributed by atoms with Crippen molar-refractivity contribution in [3.63, 3.8) is 0 Å². The normalized spacial score (nSPS) is 13.9. The van der Waals surface area contributed by atoms with E-state index in [1.54, 1.807) is 17.0 Å². The Morgan fingerprint density at radius 3 is 2.41 bits per heavy atom. The molecular weight excluding hydrogens is 471 g/mol. The van der Waals surface area contributed by atoms with Gasteiger partial charge in [0.25, 0.3) is 5.56 Å². The number of piperazine rings is 1. The first-order valence-corrected chi connectivity index (χ1v) is 11.8. The zero-order valence-electron chi connectivity index (χ0n) is 18.3. The van der Waals surface area contributed by atoms with E-state index in [4.69, 9.17) is 23.2 Å². The summed E-state index contributed by atoms with van der Waals surface area (Å²) in [6.45, 7) is 2.21. The smallest absolute Gasteiger partial charge is 0.267 e. The van der Waals surface area contributed by atoms with Crippen molar-refractivity contribution in [3.8, 4) is 11.3 Å². The maximum atomic E-state index is 13.0. The lowest BCUT2D eigenvalue weighted by atomic mass is 10.0. The molecule has 0 spiro atoms. The second-order valence-corrected chi connectivity index (χ2v) is 8.97. The minimum Gasteiger partial charge on any atom is -0.367 e. The van der Waals surface area contributed by atoms with E-state index in [2.05, 4.69) is 10.00 Å². The highest BCUT2D eigenvalue weighted by Gasteiger charge is 2.23. The number of hydrogen-bond acceptors (Lipinski definition) is 4. The van der Waals surface area contributed by atoms with Gasteiger partial charge in [-0.05, 0) is 29.0 Å². The van der Waals surface area contributed by atoms with E-state index in [0.717, 1.165) is 22.0 Å². The molecule has 0 N–H and O–H groups in total. The lowest BCUT2D eigenvalue weighted by molar-refractivity contribution is -0.132. The fourth-order valence-corrected chi connectivity index (χ4v) is 4.73. The summed E-state index contributed by atoms with van der Waals surface area (Å²) in [6, 6.07) is 22.7. The van der Waals surface area contributed by atoms with E-state index < -0.39 is 0 Å². The molecule has 0 bridgehead atoms. The summed E-state index contributed by atoms with van der Waals surface area (Å²) < 4.78 is 1.25. The first kappa shape index (κ1) is 22.4. The van der Waals surface area contributed by atoms with Crippen LogP contribution in [0.2, 0.25) is 10.0 Å². The van der Waals surface area contributed by atoms with Crippen LogP contribution in [0, 0.1) is 0 Å². The lowest BCUT2D eigenvalue weighted by Crippen LogP contribution is -2.50. The topological polar surface area (TPSA) is 58.4 Å². The number of benzene rings is 3. The van der Waals surface area contributed by atoms with Gasteiger partial charge < -0.3 is 9.80 Å². The SMILES string of the molecule is O=C(Cn1nc(-c2cccc3ccccc23)ccc1=O)N1CCN(c2cccc(Cl)c2Cl)CC1. The third-order valence-electron chi connectivity index (χ3n) is 6.12. The number of halogens is 2. The quantitative estimate of drug-likeness (QED) is 0.413. The molecule has 0 atom stereocenters. The molecule has 3 aromatic carbocycles. The molecule has 1 amide bonds. The van der Waals surface area contributed by atoms with Gasteiger partial charge in [0.05, 0.1) is 21.4 Å². The van der Waals surface area contributed by atoms with Crippen molar-refractivity contribution in [1.29, 1.82) is 0 Å². The van der Waals surface area contributed by atoms with Gasteiger partial charge in [0.15, 0.2) is 0 Å². The second kappa shape index (κ2) is 9.49. The summed E-state index contributed by atoms with van der Waals surface area (Å²) >= 11 is 12.5. The molecule has 0 aliphatic carbocycles. The molecule has 1 aliphatic rings. The van der Waals surface area contributed by atoms with Crippen molar-refractivity contribution in [2.24, 2.45) is 0 Å². The Morgan fingerprint density at radius 2 is 1.59 bits per heavy atom. The zero-order valence-corrected chi connectivity index (χ0v) is 19.8. The van der Waals surface area contributed by atoms with Crippen LogP contribution < -0.4 is 10.5 Å². The minimum atomic E-state index is -0.304. The standard InChI is InChI=1S/C26H22Cl2N4O2/c27-21-9-4-10-23(26(21)28)30-13-15-31(16-14-30)25(34)17-32-24(33)12-11-22(29-32)20-8-3-6-18-5-1-2-7-19(18)20/h1-12H,13-17H2. The number of anilines is 1. The number of rotatable bonds is 4. The lowest BCUT2D eigenvalue weighted by Gasteiger charge is -2.36. The molecule has 1 fully saturated rings. The third kappa shape index (κ3) is 4.39. The highest BCUT2D eigenvalue weighted by Crippen LogP contribution is 2.33. The van der Waals surface area contributed by atoms with Crippen LogP contribution in [0.3, 0.4) is 0 Å². The maximum Gasteiger partial charge on any atom is 0.267 e. The molecule has 4 aromatic rings. The Hall–Kier alpha value is -3.35. The van der Waals surface area contributed by atoms with Gasteiger partial charge in [0.2, 0.25) is 5.91 Å². The Labute approximate surface area is 206 Å². The number of carbonyl (C=O) groups excluding carboxylic acids is 1. The Bertz CT molecular complexity index is 1420. The maximum absolute atomic E-state index is 13.0. The second-order valence-electron chi connectivity index (χ2n) is 8.18. The van der Waals surface area contributed by atoms with Gasteiger partial charge in [-0.25, -0.2) is 4.68 Å². The highest BCUT2D eigenvalue weighted by atomic mass is 35.5. The summed E-state index contributed by atoms with van der Waals surface area (Å²) in [5.41, 5.74) is 2.14. The Balaban J connectivity index is 1.32. The van der Waals surface area contributed by atoms with Gasteiger partial charge >= 0.3 is 0 Å². The van der Waals surface area contributed by atoms with Gasteiger partial charge in [0.1, 0.15) is 6.54 Å². The van der Waals surface area contributed by atoms with E-state index in [0.29, 0.717) is 41.9 Å². The molecule has 2 heterocycles. The van der Waals surface area contributed by atoms with Crippen molar-refractivity contribution >= 4 is 45.6 Å². The number of fused-ring (bicyclic) bond motifs is 1. The van der Waals surface area contributed by atoms with E-state index in [1.165, 1.54) is 10.7 Å². The van der Waals surface area contributed by atoms with Gasteiger partial charge in [-0.15, -0.1) is 0 Å². The van der Waals surface area contributed by atoms with Crippen molar-refractivity contribution in [3.05, 3.63) is 93.2 Å². The van der Waals surface area contributed by atoms with E-state index in [9.17, 15) is 9.59 Å². The molecule has 1 aromatic heterocycles. The van der Waals surface area contributed by atoms with Crippen molar-refractivity contribution in [2.75, 3.05) is 31.1 Å². The number of aromatic nitrogens is 2. The average molecular weight is 493 g/mol. The van der Waals surface area contributed by atoms with Crippen LogP contribution in [0.25, 0.3) is 22.0 Å². The molecule has 1 aliphatic heterocycles. The average Bonchev–Trinajstić information content (AvgIpc) is 2.87. The summed E-state index contributed by atoms with van der Waals surface area (Å²) in [6.07, 6.45) is 0. The molecule has 5 rings (SSSR count). The largest absolute Gasteiger partial charge is 0.367 e. The summed E-state index contributed by atoms with van der Waals surface area (Å²) in [7, 11) is 0. The van der Waals surface area contributed by atoms with Gasteiger partial charge in [0, 0.05) is 37.8 Å². The molecule has 6 nitrogen and oxygen atoms in total. The van der Waals surface area contributed by atoms with Crippen molar-refractivity contribution in [2.45, 2.75) is 6.54 Å². The molecule has 0 radical (unpaired) electrons. The fraction of sp³-hybridized carbons (Fsp3) is 0.192. The van der Waals surface area contributed by atoms with Crippen molar-refractivity contribution < 1.29 is 4.79 Å². The summed E-state index contributed by atoms with van der Waals surface area (Å²) in [5.74, 6) is -0.137. The van der Waals surface area contributed by atoms with E-state index >= 15 is 0 Å². The molecule has 8 heteroatoms. The monoisotopic (exact) mass is 492 g/mol. The van der Waals surface area contributed by atoms with Gasteiger partial charge in [-0.2, -0.15) is 5.10 Å². The number of carbonyl (C=O) groups is 1.